The van der Waals surface area contributed by atoms with Gasteiger partial charge in [0.05, 0.1) is 13.0 Å². The molecule has 0 saturated heterocycles. The van der Waals surface area contributed by atoms with Gasteiger partial charge in [0.15, 0.2) is 0 Å². The first-order valence-corrected chi connectivity index (χ1v) is 6.87. The average Bonchev–Trinajstić information content (AvgIpc) is 2.43. The molecule has 20 heavy (non-hydrogen) atoms. The smallest absolute Gasteiger partial charge is 0.325 e. The number of ether oxygens (including phenoxy) is 1. The first-order valence-electron chi connectivity index (χ1n) is 6.87. The maximum atomic E-state index is 11.9. The maximum Gasteiger partial charge on any atom is 0.325 e. The van der Waals surface area contributed by atoms with E-state index in [1.807, 2.05) is 19.1 Å². The second kappa shape index (κ2) is 7.68. The van der Waals surface area contributed by atoms with Crippen molar-refractivity contribution >= 4 is 11.9 Å². The molecule has 0 radical (unpaired) electrons. The summed E-state index contributed by atoms with van der Waals surface area (Å²) in [6.07, 6.45) is 1.03. The topological polar surface area (TPSA) is 55.4 Å². The van der Waals surface area contributed by atoms with Gasteiger partial charge in [-0.3, -0.25) is 9.59 Å². The molecule has 4 heteroatoms. The highest BCUT2D eigenvalue weighted by Gasteiger charge is 2.16. The van der Waals surface area contributed by atoms with Crippen LogP contribution in [-0.4, -0.2) is 25.5 Å². The Morgan fingerprint density at radius 2 is 1.75 bits per heavy atom. The van der Waals surface area contributed by atoms with Crippen LogP contribution >= 0.6 is 0 Å². The van der Waals surface area contributed by atoms with E-state index in [-0.39, 0.29) is 18.4 Å². The van der Waals surface area contributed by atoms with E-state index < -0.39 is 5.97 Å². The van der Waals surface area contributed by atoms with Crippen LogP contribution in [-0.2, 0) is 20.7 Å². The molecular formula is C16H23NO3. The van der Waals surface area contributed by atoms with Crippen molar-refractivity contribution < 1.29 is 14.3 Å². The van der Waals surface area contributed by atoms with Crippen LogP contribution in [0, 0.1) is 5.92 Å². The van der Waals surface area contributed by atoms with Gasteiger partial charge in [-0.05, 0) is 30.4 Å². The van der Waals surface area contributed by atoms with Crippen molar-refractivity contribution in [2.45, 2.75) is 33.1 Å². The molecule has 0 unspecified atom stereocenters. The largest absolute Gasteiger partial charge is 0.468 e. The Balaban J connectivity index is 2.60. The molecule has 0 bridgehead atoms. The van der Waals surface area contributed by atoms with Crippen LogP contribution in [0.25, 0.3) is 0 Å². The molecule has 0 aliphatic rings. The van der Waals surface area contributed by atoms with Crippen LogP contribution in [0.3, 0.4) is 0 Å². The minimum Gasteiger partial charge on any atom is -0.468 e. The van der Waals surface area contributed by atoms with E-state index in [1.165, 1.54) is 12.7 Å². The first kappa shape index (κ1) is 16.2. The van der Waals surface area contributed by atoms with Gasteiger partial charge in [-0.1, -0.05) is 38.1 Å². The van der Waals surface area contributed by atoms with Crippen molar-refractivity contribution in [2.75, 3.05) is 13.7 Å². The van der Waals surface area contributed by atoms with Gasteiger partial charge in [0.1, 0.15) is 6.54 Å². The van der Waals surface area contributed by atoms with Crippen molar-refractivity contribution in [3.8, 4) is 0 Å². The zero-order chi connectivity index (χ0) is 15.1. The van der Waals surface area contributed by atoms with Gasteiger partial charge >= 0.3 is 5.97 Å². The Bertz CT molecular complexity index is 451. The minimum absolute atomic E-state index is 0.0922. The minimum atomic E-state index is -0.446. The van der Waals surface area contributed by atoms with Crippen LogP contribution in [0.15, 0.2) is 24.3 Å². The average molecular weight is 277 g/mol. The highest BCUT2D eigenvalue weighted by Crippen LogP contribution is 2.17. The van der Waals surface area contributed by atoms with E-state index in [1.54, 1.807) is 0 Å². The number of hydrogen-bond acceptors (Lipinski definition) is 3. The van der Waals surface area contributed by atoms with Gasteiger partial charge in [-0.25, -0.2) is 0 Å². The number of rotatable bonds is 6. The lowest BCUT2D eigenvalue weighted by Crippen LogP contribution is -2.33. The molecule has 4 nitrogen and oxygen atoms in total. The van der Waals surface area contributed by atoms with Gasteiger partial charge in [0.25, 0.3) is 0 Å². The van der Waals surface area contributed by atoms with Gasteiger partial charge in [0, 0.05) is 0 Å². The molecule has 1 atom stereocenters. The molecule has 0 fully saturated rings. The lowest BCUT2D eigenvalue weighted by atomic mass is 9.96. The predicted molar refractivity (Wildman–Crippen MR) is 78.4 cm³/mol. The highest BCUT2D eigenvalue weighted by atomic mass is 16.5. The van der Waals surface area contributed by atoms with E-state index in [9.17, 15) is 9.59 Å². The van der Waals surface area contributed by atoms with Crippen LogP contribution in [0.4, 0.5) is 0 Å². The summed E-state index contributed by atoms with van der Waals surface area (Å²) >= 11 is 0. The standard InChI is InChI=1S/C16H23NO3/c1-11(2)9-13-5-7-14(8-6-13)12(3)16(19)17-10-15(18)20-4/h5-8,11-12H,9-10H2,1-4H3,(H,17,19)/t12-/m0/s1. The molecule has 1 aromatic rings. The molecule has 1 rings (SSSR count). The molecule has 0 saturated carbocycles. The third-order valence-electron chi connectivity index (χ3n) is 3.15. The SMILES string of the molecule is COC(=O)CNC(=O)[C@@H](C)c1ccc(CC(C)C)cc1. The van der Waals surface area contributed by atoms with Crippen LogP contribution in [0.5, 0.6) is 0 Å². The van der Waals surface area contributed by atoms with Gasteiger partial charge in [0.2, 0.25) is 5.91 Å². The fourth-order valence-corrected chi connectivity index (χ4v) is 1.95. The maximum absolute atomic E-state index is 11.9. The van der Waals surface area contributed by atoms with Gasteiger partial charge in [-0.15, -0.1) is 0 Å². The van der Waals surface area contributed by atoms with Crippen LogP contribution in [0.2, 0.25) is 0 Å². The quantitative estimate of drug-likeness (QED) is 0.812. The number of carbonyl (C=O) groups excluding carboxylic acids is 2. The van der Waals surface area contributed by atoms with Crippen molar-refractivity contribution in [1.29, 1.82) is 0 Å². The number of hydrogen-bond donors (Lipinski definition) is 1. The Labute approximate surface area is 120 Å². The molecule has 0 aliphatic carbocycles. The van der Waals surface area contributed by atoms with E-state index in [0.717, 1.165) is 12.0 Å². The van der Waals surface area contributed by atoms with E-state index in [4.69, 9.17) is 0 Å². The second-order valence-corrected chi connectivity index (χ2v) is 5.36. The van der Waals surface area contributed by atoms with E-state index >= 15 is 0 Å². The summed E-state index contributed by atoms with van der Waals surface area (Å²) in [5.41, 5.74) is 2.21. The number of amides is 1. The first-order chi connectivity index (χ1) is 9.43. The number of esters is 1. The lowest BCUT2D eigenvalue weighted by Gasteiger charge is -2.13. The Morgan fingerprint density at radius 3 is 2.25 bits per heavy atom. The Morgan fingerprint density at radius 1 is 1.15 bits per heavy atom. The molecule has 0 aliphatic heterocycles. The van der Waals surface area contributed by atoms with E-state index in [2.05, 4.69) is 36.0 Å². The summed E-state index contributed by atoms with van der Waals surface area (Å²) < 4.78 is 4.49. The van der Waals surface area contributed by atoms with Crippen LogP contribution < -0.4 is 5.32 Å². The fourth-order valence-electron chi connectivity index (χ4n) is 1.95. The Kier molecular flexibility index (Phi) is 6.22. The van der Waals surface area contributed by atoms with Crippen molar-refractivity contribution in [1.82, 2.24) is 5.32 Å². The van der Waals surface area contributed by atoms with Crippen molar-refractivity contribution in [2.24, 2.45) is 5.92 Å². The van der Waals surface area contributed by atoms with Crippen LogP contribution in [0.1, 0.15) is 37.8 Å². The monoisotopic (exact) mass is 277 g/mol. The third-order valence-corrected chi connectivity index (χ3v) is 3.15. The molecule has 0 heterocycles. The van der Waals surface area contributed by atoms with Crippen molar-refractivity contribution in [3.63, 3.8) is 0 Å². The summed E-state index contributed by atoms with van der Waals surface area (Å²) in [6, 6.07) is 8.05. The Hall–Kier alpha value is -1.84. The molecule has 0 aromatic heterocycles. The molecule has 1 amide bonds. The fraction of sp³-hybridized carbons (Fsp3) is 0.500. The summed E-state index contributed by atoms with van der Waals surface area (Å²) in [5, 5.41) is 2.56. The molecular weight excluding hydrogens is 254 g/mol. The molecule has 1 N–H and O–H groups in total. The molecule has 110 valence electrons. The molecule has 0 spiro atoms. The number of carbonyl (C=O) groups is 2. The summed E-state index contributed by atoms with van der Waals surface area (Å²) in [4.78, 5) is 22.9. The van der Waals surface area contributed by atoms with Gasteiger partial charge in [-0.2, -0.15) is 0 Å². The summed E-state index contributed by atoms with van der Waals surface area (Å²) in [7, 11) is 1.30. The normalized spacial score (nSPS) is 12.1. The number of benzene rings is 1. The zero-order valence-corrected chi connectivity index (χ0v) is 12.6. The van der Waals surface area contributed by atoms with Crippen molar-refractivity contribution in [3.05, 3.63) is 35.4 Å². The second-order valence-electron chi connectivity index (χ2n) is 5.36. The number of methoxy groups -OCH3 is 1. The lowest BCUT2D eigenvalue weighted by molar-refractivity contribution is -0.141. The predicted octanol–water partition coefficient (Wildman–Crippen LogP) is 2.28. The third kappa shape index (κ3) is 5.03. The van der Waals surface area contributed by atoms with Gasteiger partial charge < -0.3 is 10.1 Å². The molecule has 1 aromatic carbocycles. The summed E-state index contributed by atoms with van der Waals surface area (Å²) in [5.74, 6) is -0.292. The highest BCUT2D eigenvalue weighted by molar-refractivity contribution is 5.86. The van der Waals surface area contributed by atoms with E-state index in [0.29, 0.717) is 5.92 Å². The summed E-state index contributed by atoms with van der Waals surface area (Å²) in [6.45, 7) is 6.09. The zero-order valence-electron chi connectivity index (χ0n) is 12.6. The number of nitrogens with one attached hydrogen (secondary N) is 1.